The zero-order valence-electron chi connectivity index (χ0n) is 9.48. The van der Waals surface area contributed by atoms with Crippen LogP contribution < -0.4 is 0 Å². The Kier molecular flexibility index (Phi) is 2.53. The summed E-state index contributed by atoms with van der Waals surface area (Å²) in [5.74, 6) is -0.242. The molecule has 1 aromatic heterocycles. The van der Waals surface area contributed by atoms with Gasteiger partial charge in [-0.15, -0.1) is 10.2 Å². The number of hydrogen-bond acceptors (Lipinski definition) is 5. The summed E-state index contributed by atoms with van der Waals surface area (Å²) in [6.07, 6.45) is 0.281. The standard InChI is InChI=1S/C10H13N3O2S/c1-6-11-12-7(16-6)5-13-8(14)4-10(2,3)9(13)15/h4-5H2,1-3H3. The van der Waals surface area contributed by atoms with Crippen LogP contribution in [0.25, 0.3) is 0 Å². The predicted octanol–water partition coefficient (Wildman–Crippen LogP) is 1.13. The third-order valence-corrected chi connectivity index (χ3v) is 3.40. The number of amides is 2. The summed E-state index contributed by atoms with van der Waals surface area (Å²) in [5.41, 5.74) is -0.573. The van der Waals surface area contributed by atoms with E-state index in [2.05, 4.69) is 10.2 Å². The molecular formula is C10H13N3O2S. The molecule has 0 aliphatic carbocycles. The highest BCUT2D eigenvalue weighted by Crippen LogP contribution is 2.32. The Hall–Kier alpha value is -1.30. The van der Waals surface area contributed by atoms with Crippen molar-refractivity contribution in [2.45, 2.75) is 33.7 Å². The van der Waals surface area contributed by atoms with Crippen molar-refractivity contribution < 1.29 is 9.59 Å². The van der Waals surface area contributed by atoms with E-state index < -0.39 is 5.41 Å². The third kappa shape index (κ3) is 1.84. The lowest BCUT2D eigenvalue weighted by atomic mass is 9.92. The maximum Gasteiger partial charge on any atom is 0.235 e. The molecule has 2 heterocycles. The topological polar surface area (TPSA) is 63.2 Å². The second kappa shape index (κ2) is 3.62. The monoisotopic (exact) mass is 239 g/mol. The van der Waals surface area contributed by atoms with Crippen molar-refractivity contribution in [3.8, 4) is 0 Å². The van der Waals surface area contributed by atoms with Crippen LogP contribution in [0.15, 0.2) is 0 Å². The van der Waals surface area contributed by atoms with Gasteiger partial charge in [-0.2, -0.15) is 0 Å². The van der Waals surface area contributed by atoms with Gasteiger partial charge in [0, 0.05) is 6.42 Å². The molecule has 0 bridgehead atoms. The summed E-state index contributed by atoms with van der Waals surface area (Å²) in [7, 11) is 0. The molecule has 0 N–H and O–H groups in total. The molecule has 0 saturated carbocycles. The molecule has 0 atom stereocenters. The molecule has 1 saturated heterocycles. The minimum absolute atomic E-state index is 0.120. The van der Waals surface area contributed by atoms with Crippen molar-refractivity contribution in [1.82, 2.24) is 15.1 Å². The van der Waals surface area contributed by atoms with E-state index in [1.807, 2.05) is 6.92 Å². The van der Waals surface area contributed by atoms with Crippen LogP contribution in [0.2, 0.25) is 0 Å². The third-order valence-electron chi connectivity index (χ3n) is 2.58. The van der Waals surface area contributed by atoms with E-state index in [0.29, 0.717) is 5.01 Å². The number of carbonyl (C=O) groups excluding carboxylic acids is 2. The van der Waals surface area contributed by atoms with Gasteiger partial charge in [0.25, 0.3) is 0 Å². The van der Waals surface area contributed by atoms with Gasteiger partial charge < -0.3 is 0 Å². The first-order chi connectivity index (χ1) is 7.40. The second-order valence-corrected chi connectivity index (χ2v) is 5.83. The molecule has 0 spiro atoms. The Labute approximate surface area is 97.5 Å². The van der Waals surface area contributed by atoms with E-state index in [1.165, 1.54) is 16.2 Å². The molecule has 86 valence electrons. The van der Waals surface area contributed by atoms with Crippen molar-refractivity contribution in [1.29, 1.82) is 0 Å². The lowest BCUT2D eigenvalue weighted by Gasteiger charge is -2.16. The summed E-state index contributed by atoms with van der Waals surface area (Å²) >= 11 is 1.41. The molecule has 5 nitrogen and oxygen atoms in total. The average molecular weight is 239 g/mol. The smallest absolute Gasteiger partial charge is 0.235 e. The van der Waals surface area contributed by atoms with E-state index in [4.69, 9.17) is 0 Å². The number of rotatable bonds is 2. The molecule has 1 fully saturated rings. The fourth-order valence-corrected chi connectivity index (χ4v) is 2.42. The highest BCUT2D eigenvalue weighted by Gasteiger charge is 2.44. The fourth-order valence-electron chi connectivity index (χ4n) is 1.72. The first-order valence-corrected chi connectivity index (χ1v) is 5.85. The van der Waals surface area contributed by atoms with Crippen LogP contribution in [0.4, 0.5) is 0 Å². The van der Waals surface area contributed by atoms with Gasteiger partial charge in [0.05, 0.1) is 12.0 Å². The van der Waals surface area contributed by atoms with Crippen LogP contribution >= 0.6 is 11.3 Å². The van der Waals surface area contributed by atoms with E-state index in [-0.39, 0.29) is 24.8 Å². The Bertz CT molecular complexity index is 453. The minimum atomic E-state index is -0.573. The zero-order chi connectivity index (χ0) is 11.9. The maximum absolute atomic E-state index is 11.9. The van der Waals surface area contributed by atoms with Gasteiger partial charge >= 0.3 is 0 Å². The molecule has 0 unspecified atom stereocenters. The van der Waals surface area contributed by atoms with Crippen LogP contribution in [-0.4, -0.2) is 26.9 Å². The molecule has 1 aliphatic heterocycles. The summed E-state index contributed by atoms with van der Waals surface area (Å²) in [6.45, 7) is 5.68. The van der Waals surface area contributed by atoms with E-state index in [0.717, 1.165) is 5.01 Å². The number of nitrogens with zero attached hydrogens (tertiary/aromatic N) is 3. The van der Waals surface area contributed by atoms with Crippen LogP contribution in [0.1, 0.15) is 30.3 Å². The van der Waals surface area contributed by atoms with Gasteiger partial charge in [0.15, 0.2) is 0 Å². The van der Waals surface area contributed by atoms with Crippen LogP contribution in [0.5, 0.6) is 0 Å². The molecular weight excluding hydrogens is 226 g/mol. The van der Waals surface area contributed by atoms with Crippen molar-refractivity contribution >= 4 is 23.2 Å². The van der Waals surface area contributed by atoms with Gasteiger partial charge in [0.2, 0.25) is 11.8 Å². The Morgan fingerprint density at radius 3 is 2.50 bits per heavy atom. The molecule has 16 heavy (non-hydrogen) atoms. The van der Waals surface area contributed by atoms with E-state index in [1.54, 1.807) is 13.8 Å². The lowest BCUT2D eigenvalue weighted by molar-refractivity contribution is -0.141. The Morgan fingerprint density at radius 2 is 2.06 bits per heavy atom. The number of hydrogen-bond donors (Lipinski definition) is 0. The lowest BCUT2D eigenvalue weighted by Crippen LogP contribution is -2.32. The maximum atomic E-state index is 11.9. The van der Waals surface area contributed by atoms with Crippen molar-refractivity contribution in [3.05, 3.63) is 10.0 Å². The predicted molar refractivity (Wildman–Crippen MR) is 58.6 cm³/mol. The number of imide groups is 1. The fraction of sp³-hybridized carbons (Fsp3) is 0.600. The molecule has 2 amide bonds. The molecule has 2 rings (SSSR count). The normalized spacial score (nSPS) is 19.6. The van der Waals surface area contributed by atoms with Gasteiger partial charge in [-0.3, -0.25) is 14.5 Å². The van der Waals surface area contributed by atoms with Gasteiger partial charge in [-0.1, -0.05) is 25.2 Å². The zero-order valence-corrected chi connectivity index (χ0v) is 10.3. The minimum Gasteiger partial charge on any atom is -0.275 e. The molecule has 0 aromatic carbocycles. The van der Waals surface area contributed by atoms with E-state index in [9.17, 15) is 9.59 Å². The average Bonchev–Trinajstić information content (AvgIpc) is 2.65. The first-order valence-electron chi connectivity index (χ1n) is 5.04. The summed E-state index contributed by atoms with van der Waals surface area (Å²) in [4.78, 5) is 24.9. The summed E-state index contributed by atoms with van der Waals surface area (Å²) in [6, 6.07) is 0. The van der Waals surface area contributed by atoms with Crippen molar-refractivity contribution in [2.24, 2.45) is 5.41 Å². The second-order valence-electron chi connectivity index (χ2n) is 4.56. The van der Waals surface area contributed by atoms with Gasteiger partial charge in [-0.25, -0.2) is 0 Å². The SMILES string of the molecule is Cc1nnc(CN2C(=O)CC(C)(C)C2=O)s1. The Morgan fingerprint density at radius 1 is 1.38 bits per heavy atom. The van der Waals surface area contributed by atoms with Crippen LogP contribution in [-0.2, 0) is 16.1 Å². The number of aromatic nitrogens is 2. The summed E-state index contributed by atoms with van der Waals surface area (Å²) < 4.78 is 0. The van der Waals surface area contributed by atoms with Crippen molar-refractivity contribution in [2.75, 3.05) is 0 Å². The van der Waals surface area contributed by atoms with E-state index >= 15 is 0 Å². The highest BCUT2D eigenvalue weighted by molar-refractivity contribution is 7.11. The van der Waals surface area contributed by atoms with Crippen LogP contribution in [0.3, 0.4) is 0 Å². The first kappa shape index (κ1) is 11.2. The molecule has 0 radical (unpaired) electrons. The number of carbonyl (C=O) groups is 2. The van der Waals surface area contributed by atoms with Gasteiger partial charge in [-0.05, 0) is 6.92 Å². The number of aryl methyl sites for hydroxylation is 1. The summed E-state index contributed by atoms with van der Waals surface area (Å²) in [5, 5.41) is 9.33. The molecule has 1 aromatic rings. The largest absolute Gasteiger partial charge is 0.275 e. The highest BCUT2D eigenvalue weighted by atomic mass is 32.1. The molecule has 6 heteroatoms. The van der Waals surface area contributed by atoms with Crippen molar-refractivity contribution in [3.63, 3.8) is 0 Å². The number of likely N-dealkylation sites (tertiary alicyclic amines) is 1. The molecule has 1 aliphatic rings. The quantitative estimate of drug-likeness (QED) is 0.726. The van der Waals surface area contributed by atoms with Crippen LogP contribution in [0, 0.1) is 12.3 Å². The van der Waals surface area contributed by atoms with Gasteiger partial charge in [0.1, 0.15) is 10.0 Å². The Balaban J connectivity index is 2.17.